The second-order valence-corrected chi connectivity index (χ2v) is 7.71. The number of sulfonamides is 1. The highest BCUT2D eigenvalue weighted by molar-refractivity contribution is 7.92. The summed E-state index contributed by atoms with van der Waals surface area (Å²) in [6, 6.07) is 14.8. The Morgan fingerprint density at radius 2 is 1.92 bits per heavy atom. The maximum atomic E-state index is 12.2. The molecule has 24 heavy (non-hydrogen) atoms. The second kappa shape index (κ2) is 6.65. The first-order chi connectivity index (χ1) is 11.4. The maximum Gasteiger partial charge on any atom is 0.338 e. The average Bonchev–Trinajstić information content (AvgIpc) is 2.99. The van der Waals surface area contributed by atoms with Gasteiger partial charge in [-0.3, -0.25) is 4.31 Å². The lowest BCUT2D eigenvalue weighted by molar-refractivity contribution is 0.0509. The maximum absolute atomic E-state index is 12.2. The van der Waals surface area contributed by atoms with E-state index in [1.54, 1.807) is 18.2 Å². The summed E-state index contributed by atoms with van der Waals surface area (Å²) in [6.07, 6.45) is 2.46. The van der Waals surface area contributed by atoms with Crippen molar-refractivity contribution in [3.63, 3.8) is 0 Å². The molecule has 0 amide bonds. The minimum atomic E-state index is -3.28. The number of nitrogens with zero attached hydrogens (tertiary/aromatic N) is 1. The van der Waals surface area contributed by atoms with Crippen molar-refractivity contribution in [3.05, 3.63) is 65.2 Å². The highest BCUT2D eigenvalue weighted by Gasteiger charge is 2.26. The van der Waals surface area contributed by atoms with Crippen molar-refractivity contribution >= 4 is 21.7 Å². The Morgan fingerprint density at radius 1 is 1.17 bits per heavy atom. The van der Waals surface area contributed by atoms with Crippen LogP contribution < -0.4 is 4.31 Å². The van der Waals surface area contributed by atoms with E-state index in [-0.39, 0.29) is 5.97 Å². The SMILES string of the molecule is CS(=O)(=O)N1CCc2cc(C(=O)OCCc3ccccc3)ccc21. The van der Waals surface area contributed by atoms with Gasteiger partial charge in [-0.1, -0.05) is 30.3 Å². The van der Waals surface area contributed by atoms with Crippen molar-refractivity contribution in [2.75, 3.05) is 23.7 Å². The predicted octanol–water partition coefficient (Wildman–Crippen LogP) is 2.41. The summed E-state index contributed by atoms with van der Waals surface area (Å²) in [6.45, 7) is 0.732. The van der Waals surface area contributed by atoms with Gasteiger partial charge in [-0.25, -0.2) is 13.2 Å². The molecule has 0 saturated carbocycles. The van der Waals surface area contributed by atoms with Crippen molar-refractivity contribution in [2.24, 2.45) is 0 Å². The van der Waals surface area contributed by atoms with E-state index in [2.05, 4.69) is 0 Å². The summed E-state index contributed by atoms with van der Waals surface area (Å²) in [5.74, 6) is -0.383. The molecular weight excluding hydrogens is 326 g/mol. The zero-order valence-electron chi connectivity index (χ0n) is 13.4. The van der Waals surface area contributed by atoms with E-state index in [4.69, 9.17) is 4.74 Å². The number of fused-ring (bicyclic) bond motifs is 1. The van der Waals surface area contributed by atoms with Crippen LogP contribution in [-0.4, -0.2) is 33.8 Å². The summed E-state index contributed by atoms with van der Waals surface area (Å²) >= 11 is 0. The lowest BCUT2D eigenvalue weighted by Gasteiger charge is -2.16. The van der Waals surface area contributed by atoms with Crippen molar-refractivity contribution in [2.45, 2.75) is 12.8 Å². The first kappa shape index (κ1) is 16.5. The minimum absolute atomic E-state index is 0.315. The van der Waals surface area contributed by atoms with Crippen LogP contribution in [0, 0.1) is 0 Å². The first-order valence-corrected chi connectivity index (χ1v) is 9.62. The quantitative estimate of drug-likeness (QED) is 0.781. The Labute approximate surface area is 141 Å². The lowest BCUT2D eigenvalue weighted by Crippen LogP contribution is -2.27. The van der Waals surface area contributed by atoms with E-state index in [9.17, 15) is 13.2 Å². The molecule has 0 N–H and O–H groups in total. The van der Waals surface area contributed by atoms with Gasteiger partial charge < -0.3 is 4.74 Å². The molecule has 0 atom stereocenters. The highest BCUT2D eigenvalue weighted by Crippen LogP contribution is 2.30. The van der Waals surface area contributed by atoms with Crippen LogP contribution in [0.15, 0.2) is 48.5 Å². The second-order valence-electron chi connectivity index (χ2n) is 5.80. The van der Waals surface area contributed by atoms with E-state index in [1.807, 2.05) is 30.3 Å². The standard InChI is InChI=1S/C18H19NO4S/c1-24(21,22)19-11-9-15-13-16(7-8-17(15)19)18(20)23-12-10-14-5-3-2-4-6-14/h2-8,13H,9-12H2,1H3. The normalized spacial score (nSPS) is 13.6. The van der Waals surface area contributed by atoms with Crippen LogP contribution in [-0.2, 0) is 27.6 Å². The molecule has 126 valence electrons. The van der Waals surface area contributed by atoms with Gasteiger partial charge in [-0.15, -0.1) is 0 Å². The molecule has 0 bridgehead atoms. The number of carbonyl (C=O) groups is 1. The summed E-state index contributed by atoms with van der Waals surface area (Å²) in [5, 5.41) is 0. The van der Waals surface area contributed by atoms with Gasteiger partial charge in [0, 0.05) is 13.0 Å². The number of carbonyl (C=O) groups excluding carboxylic acids is 1. The molecule has 0 fully saturated rings. The molecule has 1 aliphatic heterocycles. The predicted molar refractivity (Wildman–Crippen MR) is 92.8 cm³/mol. The Balaban J connectivity index is 1.65. The van der Waals surface area contributed by atoms with Gasteiger partial charge in [0.05, 0.1) is 24.1 Å². The van der Waals surface area contributed by atoms with Crippen LogP contribution in [0.25, 0.3) is 0 Å². The van der Waals surface area contributed by atoms with E-state index >= 15 is 0 Å². The summed E-state index contributed by atoms with van der Waals surface area (Å²) in [4.78, 5) is 12.2. The van der Waals surface area contributed by atoms with Crippen LogP contribution in [0.4, 0.5) is 5.69 Å². The van der Waals surface area contributed by atoms with Crippen molar-refractivity contribution in [3.8, 4) is 0 Å². The molecular formula is C18H19NO4S. The summed E-state index contributed by atoms with van der Waals surface area (Å²) in [5.41, 5.74) is 3.08. The van der Waals surface area contributed by atoms with E-state index < -0.39 is 10.0 Å². The average molecular weight is 345 g/mol. The minimum Gasteiger partial charge on any atom is -0.462 e. The summed E-state index contributed by atoms with van der Waals surface area (Å²) < 4.78 is 30.1. The van der Waals surface area contributed by atoms with E-state index in [0.29, 0.717) is 37.2 Å². The number of benzene rings is 2. The smallest absolute Gasteiger partial charge is 0.338 e. The van der Waals surface area contributed by atoms with Crippen molar-refractivity contribution < 1.29 is 17.9 Å². The number of anilines is 1. The fraction of sp³-hybridized carbons (Fsp3) is 0.278. The molecule has 0 saturated heterocycles. The number of hydrogen-bond donors (Lipinski definition) is 0. The molecule has 0 radical (unpaired) electrons. The number of ether oxygens (including phenoxy) is 1. The Kier molecular flexibility index (Phi) is 4.57. The fourth-order valence-electron chi connectivity index (χ4n) is 2.83. The molecule has 6 heteroatoms. The van der Waals surface area contributed by atoms with Crippen LogP contribution >= 0.6 is 0 Å². The molecule has 2 aromatic rings. The number of hydrogen-bond acceptors (Lipinski definition) is 4. The topological polar surface area (TPSA) is 63.7 Å². The summed E-state index contributed by atoms with van der Waals surface area (Å²) in [7, 11) is -3.28. The largest absolute Gasteiger partial charge is 0.462 e. The highest BCUT2D eigenvalue weighted by atomic mass is 32.2. The third-order valence-corrected chi connectivity index (χ3v) is 5.22. The fourth-order valence-corrected chi connectivity index (χ4v) is 3.79. The Bertz CT molecular complexity index is 847. The lowest BCUT2D eigenvalue weighted by atomic mass is 10.1. The third kappa shape index (κ3) is 3.59. The van der Waals surface area contributed by atoms with Gasteiger partial charge in [0.2, 0.25) is 10.0 Å². The van der Waals surface area contributed by atoms with Crippen molar-refractivity contribution in [1.82, 2.24) is 0 Å². The van der Waals surface area contributed by atoms with Gasteiger partial charge >= 0.3 is 5.97 Å². The van der Waals surface area contributed by atoms with Gasteiger partial charge in [-0.05, 0) is 35.7 Å². The van der Waals surface area contributed by atoms with Gasteiger partial charge in [-0.2, -0.15) is 0 Å². The zero-order chi connectivity index (χ0) is 17.2. The molecule has 3 rings (SSSR count). The van der Waals surface area contributed by atoms with Gasteiger partial charge in [0.25, 0.3) is 0 Å². The van der Waals surface area contributed by atoms with Crippen molar-refractivity contribution in [1.29, 1.82) is 0 Å². The monoisotopic (exact) mass is 345 g/mol. The van der Waals surface area contributed by atoms with Crippen LogP contribution in [0.2, 0.25) is 0 Å². The van der Waals surface area contributed by atoms with Gasteiger partial charge in [0.1, 0.15) is 0 Å². The first-order valence-electron chi connectivity index (χ1n) is 7.77. The zero-order valence-corrected chi connectivity index (χ0v) is 14.3. The Hall–Kier alpha value is -2.34. The molecule has 1 heterocycles. The van der Waals surface area contributed by atoms with E-state index in [1.165, 1.54) is 10.6 Å². The molecule has 1 aliphatic rings. The molecule has 0 aromatic heterocycles. The molecule has 5 nitrogen and oxygen atoms in total. The Morgan fingerprint density at radius 3 is 2.62 bits per heavy atom. The number of rotatable bonds is 5. The molecule has 0 unspecified atom stereocenters. The molecule has 0 aliphatic carbocycles. The molecule has 2 aromatic carbocycles. The number of esters is 1. The van der Waals surface area contributed by atoms with E-state index in [0.717, 1.165) is 11.1 Å². The van der Waals surface area contributed by atoms with Crippen LogP contribution in [0.5, 0.6) is 0 Å². The van der Waals surface area contributed by atoms with Gasteiger partial charge in [0.15, 0.2) is 0 Å². The molecule has 0 spiro atoms. The van der Waals surface area contributed by atoms with Crippen LogP contribution in [0.3, 0.4) is 0 Å². The third-order valence-electron chi connectivity index (χ3n) is 4.04. The van der Waals surface area contributed by atoms with Crippen LogP contribution in [0.1, 0.15) is 21.5 Å².